The lowest BCUT2D eigenvalue weighted by Crippen LogP contribution is -2.14. The third kappa shape index (κ3) is 4.80. The molecule has 0 heterocycles. The molecule has 2 rings (SSSR count). The SMILES string of the molecule is COc1cccc(CC(=O)Nc2ccc(CCCl)cc2)c1. The summed E-state index contributed by atoms with van der Waals surface area (Å²) in [5.74, 6) is 1.31. The third-order valence-electron chi connectivity index (χ3n) is 3.12. The average Bonchev–Trinajstić information content (AvgIpc) is 2.49. The summed E-state index contributed by atoms with van der Waals surface area (Å²) in [6, 6.07) is 15.2. The van der Waals surface area contributed by atoms with Gasteiger partial charge in [0.15, 0.2) is 0 Å². The van der Waals surface area contributed by atoms with E-state index in [9.17, 15) is 4.79 Å². The minimum atomic E-state index is -0.0478. The van der Waals surface area contributed by atoms with Gasteiger partial charge in [0.1, 0.15) is 5.75 Å². The molecule has 0 aliphatic carbocycles. The second-order valence-electron chi connectivity index (χ2n) is 4.71. The first kappa shape index (κ1) is 15.4. The van der Waals surface area contributed by atoms with Gasteiger partial charge in [-0.15, -0.1) is 11.6 Å². The van der Waals surface area contributed by atoms with E-state index in [-0.39, 0.29) is 5.91 Å². The summed E-state index contributed by atoms with van der Waals surface area (Å²) in [5.41, 5.74) is 2.88. The molecule has 3 nitrogen and oxygen atoms in total. The van der Waals surface area contributed by atoms with E-state index < -0.39 is 0 Å². The Kier molecular flexibility index (Phi) is 5.64. The lowest BCUT2D eigenvalue weighted by atomic mass is 10.1. The van der Waals surface area contributed by atoms with Crippen molar-refractivity contribution in [2.45, 2.75) is 12.8 Å². The molecule has 0 aliphatic rings. The number of nitrogens with one attached hydrogen (secondary N) is 1. The number of ether oxygens (including phenoxy) is 1. The number of rotatable bonds is 6. The van der Waals surface area contributed by atoms with E-state index in [1.165, 1.54) is 0 Å². The molecule has 0 aliphatic heterocycles. The highest BCUT2D eigenvalue weighted by Crippen LogP contribution is 2.14. The fourth-order valence-corrected chi connectivity index (χ4v) is 2.26. The molecule has 0 unspecified atom stereocenters. The van der Waals surface area contributed by atoms with Gasteiger partial charge < -0.3 is 10.1 Å². The number of alkyl halides is 1. The Morgan fingerprint density at radius 1 is 1.14 bits per heavy atom. The maximum absolute atomic E-state index is 12.0. The summed E-state index contributed by atoms with van der Waals surface area (Å²) in [4.78, 5) is 12.0. The van der Waals surface area contributed by atoms with Crippen molar-refractivity contribution in [2.24, 2.45) is 0 Å². The molecule has 0 saturated carbocycles. The van der Waals surface area contributed by atoms with E-state index in [1.54, 1.807) is 7.11 Å². The molecule has 0 radical (unpaired) electrons. The second-order valence-corrected chi connectivity index (χ2v) is 5.09. The van der Waals surface area contributed by atoms with Crippen LogP contribution in [0.1, 0.15) is 11.1 Å². The number of aryl methyl sites for hydroxylation is 1. The van der Waals surface area contributed by atoms with Crippen LogP contribution in [-0.2, 0) is 17.6 Å². The van der Waals surface area contributed by atoms with Gasteiger partial charge >= 0.3 is 0 Å². The summed E-state index contributed by atoms with van der Waals surface area (Å²) in [6.07, 6.45) is 1.15. The minimum Gasteiger partial charge on any atom is -0.497 e. The fraction of sp³-hybridized carbons (Fsp3) is 0.235. The molecule has 2 aromatic carbocycles. The Morgan fingerprint density at radius 2 is 1.90 bits per heavy atom. The van der Waals surface area contributed by atoms with Gasteiger partial charge in [-0.25, -0.2) is 0 Å². The molecule has 0 aromatic heterocycles. The number of amides is 1. The standard InChI is InChI=1S/C17H18ClNO2/c1-21-16-4-2-3-14(11-16)12-17(20)19-15-7-5-13(6-8-15)9-10-18/h2-8,11H,9-10,12H2,1H3,(H,19,20). The summed E-state index contributed by atoms with van der Waals surface area (Å²) >= 11 is 5.70. The van der Waals surface area contributed by atoms with Crippen molar-refractivity contribution >= 4 is 23.2 Å². The summed E-state index contributed by atoms with van der Waals surface area (Å²) < 4.78 is 5.15. The first-order valence-electron chi connectivity index (χ1n) is 6.79. The van der Waals surface area contributed by atoms with Crippen molar-refractivity contribution in [2.75, 3.05) is 18.3 Å². The first-order valence-corrected chi connectivity index (χ1v) is 7.32. The van der Waals surface area contributed by atoms with Crippen molar-refractivity contribution in [1.82, 2.24) is 0 Å². The first-order chi connectivity index (χ1) is 10.2. The highest BCUT2D eigenvalue weighted by Gasteiger charge is 2.05. The number of carbonyl (C=O) groups is 1. The molecule has 1 amide bonds. The Balaban J connectivity index is 1.94. The quantitative estimate of drug-likeness (QED) is 0.827. The summed E-state index contributed by atoms with van der Waals surface area (Å²) in [5, 5.41) is 2.88. The number of carbonyl (C=O) groups excluding carboxylic acids is 1. The predicted molar refractivity (Wildman–Crippen MR) is 86.2 cm³/mol. The normalized spacial score (nSPS) is 10.2. The topological polar surface area (TPSA) is 38.3 Å². The van der Waals surface area contributed by atoms with Crippen LogP contribution >= 0.6 is 11.6 Å². The lowest BCUT2D eigenvalue weighted by Gasteiger charge is -2.07. The van der Waals surface area contributed by atoms with Crippen LogP contribution in [0.3, 0.4) is 0 Å². The van der Waals surface area contributed by atoms with E-state index in [0.29, 0.717) is 12.3 Å². The molecule has 0 saturated heterocycles. The van der Waals surface area contributed by atoms with Gasteiger partial charge in [-0.1, -0.05) is 24.3 Å². The monoisotopic (exact) mass is 303 g/mol. The Hall–Kier alpha value is -2.00. The van der Waals surface area contributed by atoms with E-state index in [2.05, 4.69) is 5.32 Å². The van der Waals surface area contributed by atoms with Crippen LogP contribution in [0.2, 0.25) is 0 Å². The van der Waals surface area contributed by atoms with Gasteiger partial charge in [-0.3, -0.25) is 4.79 Å². The number of hydrogen-bond acceptors (Lipinski definition) is 2. The van der Waals surface area contributed by atoms with Gasteiger partial charge in [0.05, 0.1) is 13.5 Å². The zero-order valence-corrected chi connectivity index (χ0v) is 12.7. The van der Waals surface area contributed by atoms with Crippen molar-refractivity contribution in [3.8, 4) is 5.75 Å². The van der Waals surface area contributed by atoms with Crippen LogP contribution in [0.25, 0.3) is 0 Å². The Morgan fingerprint density at radius 3 is 2.57 bits per heavy atom. The van der Waals surface area contributed by atoms with E-state index in [1.807, 2.05) is 48.5 Å². The second kappa shape index (κ2) is 7.70. The van der Waals surface area contributed by atoms with E-state index in [4.69, 9.17) is 16.3 Å². The van der Waals surface area contributed by atoms with Crippen LogP contribution in [0.5, 0.6) is 5.75 Å². The van der Waals surface area contributed by atoms with Crippen molar-refractivity contribution < 1.29 is 9.53 Å². The molecular formula is C17H18ClNO2. The largest absolute Gasteiger partial charge is 0.497 e. The van der Waals surface area contributed by atoms with Crippen LogP contribution < -0.4 is 10.1 Å². The van der Waals surface area contributed by atoms with Gasteiger partial charge in [0.25, 0.3) is 0 Å². The van der Waals surface area contributed by atoms with Gasteiger partial charge in [-0.2, -0.15) is 0 Å². The third-order valence-corrected chi connectivity index (χ3v) is 3.31. The van der Waals surface area contributed by atoms with Crippen LogP contribution in [0, 0.1) is 0 Å². The summed E-state index contributed by atoms with van der Waals surface area (Å²) in [6.45, 7) is 0. The van der Waals surface area contributed by atoms with E-state index in [0.717, 1.165) is 29.0 Å². The molecule has 0 spiro atoms. The molecule has 4 heteroatoms. The molecular weight excluding hydrogens is 286 g/mol. The number of benzene rings is 2. The maximum atomic E-state index is 12.0. The van der Waals surface area contributed by atoms with Gasteiger partial charge in [-0.05, 0) is 41.8 Å². The predicted octanol–water partition coefficient (Wildman–Crippen LogP) is 3.66. The minimum absolute atomic E-state index is 0.0478. The van der Waals surface area contributed by atoms with Crippen LogP contribution in [0.4, 0.5) is 5.69 Å². The average molecular weight is 304 g/mol. The highest BCUT2D eigenvalue weighted by atomic mass is 35.5. The van der Waals surface area contributed by atoms with Crippen LogP contribution in [0.15, 0.2) is 48.5 Å². The van der Waals surface area contributed by atoms with Gasteiger partial charge in [0, 0.05) is 11.6 Å². The van der Waals surface area contributed by atoms with Crippen LogP contribution in [-0.4, -0.2) is 18.9 Å². The highest BCUT2D eigenvalue weighted by molar-refractivity contribution is 6.18. The Bertz CT molecular complexity index is 596. The number of halogens is 1. The molecule has 0 atom stereocenters. The van der Waals surface area contributed by atoms with Crippen molar-refractivity contribution in [3.63, 3.8) is 0 Å². The zero-order valence-electron chi connectivity index (χ0n) is 11.9. The van der Waals surface area contributed by atoms with Gasteiger partial charge in [0.2, 0.25) is 5.91 Å². The number of anilines is 1. The molecule has 110 valence electrons. The number of methoxy groups -OCH3 is 1. The van der Waals surface area contributed by atoms with Crippen molar-refractivity contribution in [1.29, 1.82) is 0 Å². The lowest BCUT2D eigenvalue weighted by molar-refractivity contribution is -0.115. The Labute approximate surface area is 129 Å². The van der Waals surface area contributed by atoms with Crippen molar-refractivity contribution in [3.05, 3.63) is 59.7 Å². The smallest absolute Gasteiger partial charge is 0.228 e. The molecule has 0 bridgehead atoms. The molecule has 1 N–H and O–H groups in total. The molecule has 2 aromatic rings. The fourth-order valence-electron chi connectivity index (χ4n) is 2.04. The number of hydrogen-bond donors (Lipinski definition) is 1. The maximum Gasteiger partial charge on any atom is 0.228 e. The molecule has 21 heavy (non-hydrogen) atoms. The summed E-state index contributed by atoms with van der Waals surface area (Å²) in [7, 11) is 1.61. The van der Waals surface area contributed by atoms with E-state index >= 15 is 0 Å². The molecule has 0 fully saturated rings. The zero-order chi connectivity index (χ0) is 15.1.